The third-order valence-electron chi connectivity index (χ3n) is 6.21. The zero-order valence-corrected chi connectivity index (χ0v) is 34.6. The van der Waals surface area contributed by atoms with E-state index in [9.17, 15) is 9.59 Å². The SMILES string of the molecule is C=C(C)C(=O)OCCC[Si](C)(OC)OC.C=C(C)C(=O)OCCC[Si](C)(OCC)OCC.CCO[Si](CCCS)(OCC)OCC. The molecule has 0 saturated heterocycles. The van der Waals surface area contributed by atoms with E-state index in [0.717, 1.165) is 43.1 Å². The molecule has 0 aliphatic carbocycles. The summed E-state index contributed by atoms with van der Waals surface area (Å²) in [6, 6.07) is 2.51. The summed E-state index contributed by atoms with van der Waals surface area (Å²) in [4.78, 5) is 22.2. The van der Waals surface area contributed by atoms with Gasteiger partial charge in [-0.05, 0) is 98.7 Å². The van der Waals surface area contributed by atoms with E-state index in [1.54, 1.807) is 28.1 Å². The number of hydrogen-bond acceptors (Lipinski definition) is 12. The van der Waals surface area contributed by atoms with Gasteiger partial charge in [-0.3, -0.25) is 0 Å². The van der Waals surface area contributed by atoms with E-state index in [0.29, 0.717) is 57.4 Å². The van der Waals surface area contributed by atoms with E-state index in [1.165, 1.54) is 0 Å². The van der Waals surface area contributed by atoms with Gasteiger partial charge < -0.3 is 40.5 Å². The molecule has 0 atom stereocenters. The van der Waals surface area contributed by atoms with Gasteiger partial charge in [0.05, 0.1) is 13.2 Å². The molecule has 0 amide bonds. The second kappa shape index (κ2) is 30.2. The fraction of sp³-hybridized carbons (Fsp3) is 0.806. The van der Waals surface area contributed by atoms with E-state index in [4.69, 9.17) is 40.5 Å². The predicted octanol–water partition coefficient (Wildman–Crippen LogP) is 6.86. The molecule has 0 aromatic rings. The van der Waals surface area contributed by atoms with Gasteiger partial charge >= 0.3 is 37.9 Å². The predicted molar refractivity (Wildman–Crippen MR) is 195 cm³/mol. The van der Waals surface area contributed by atoms with Gasteiger partial charge in [0.2, 0.25) is 0 Å². The Bertz CT molecular complexity index is 792. The van der Waals surface area contributed by atoms with Crippen LogP contribution in [0.4, 0.5) is 0 Å². The standard InChI is InChI=1S/C12H24O4Si.C10H20O4Si.C9H22O3SSi/c1-6-15-17(5,16-7-2)10-8-9-14-12(13)11(3)4;1-9(2)10(11)14-7-6-8-15(5,12-3)13-4;1-4-10-14(11-5-2,12-6-3)9-7-8-13/h3,6-10H2,1-2,4-5H3;1,6-8H2,2-5H3;13H,4-9H2,1-3H3. The van der Waals surface area contributed by atoms with Crippen LogP contribution in [0, 0.1) is 0 Å². The lowest BCUT2D eigenvalue weighted by molar-refractivity contribution is -0.139. The molecule has 0 unspecified atom stereocenters. The fourth-order valence-corrected chi connectivity index (χ4v) is 10.6. The summed E-state index contributed by atoms with van der Waals surface area (Å²) >= 11 is 4.19. The summed E-state index contributed by atoms with van der Waals surface area (Å²) in [7, 11) is -3.14. The van der Waals surface area contributed by atoms with Gasteiger partial charge in [0.15, 0.2) is 0 Å². The average molecular weight is 731 g/mol. The largest absolute Gasteiger partial charge is 0.500 e. The van der Waals surface area contributed by atoms with E-state index >= 15 is 0 Å². The Morgan fingerprint density at radius 1 is 0.587 bits per heavy atom. The van der Waals surface area contributed by atoms with Gasteiger partial charge in [-0.15, -0.1) is 0 Å². The first-order valence-electron chi connectivity index (χ1n) is 16.2. The van der Waals surface area contributed by atoms with E-state index in [1.807, 2.05) is 47.7 Å². The smallest absolute Gasteiger partial charge is 0.462 e. The van der Waals surface area contributed by atoms with Gasteiger partial charge in [-0.25, -0.2) is 9.59 Å². The maximum absolute atomic E-state index is 11.1. The number of carbonyl (C=O) groups excluding carboxylic acids is 2. The highest BCUT2D eigenvalue weighted by Gasteiger charge is 2.39. The van der Waals surface area contributed by atoms with Gasteiger partial charge in [-0.2, -0.15) is 12.6 Å². The molecule has 0 aromatic carbocycles. The molecule has 274 valence electrons. The Kier molecular flexibility index (Phi) is 32.5. The van der Waals surface area contributed by atoms with Crippen molar-refractivity contribution < 1.29 is 50.0 Å². The molecule has 46 heavy (non-hydrogen) atoms. The molecule has 0 N–H and O–H groups in total. The molecule has 0 rings (SSSR count). The topological polar surface area (TPSA) is 117 Å². The van der Waals surface area contributed by atoms with E-state index in [-0.39, 0.29) is 11.9 Å². The Hall–Kier alpha value is -0.859. The van der Waals surface area contributed by atoms with Crippen LogP contribution in [-0.4, -0.2) is 104 Å². The first-order chi connectivity index (χ1) is 21.6. The summed E-state index contributed by atoms with van der Waals surface area (Å²) in [6.07, 6.45) is 2.50. The van der Waals surface area contributed by atoms with Crippen molar-refractivity contribution in [2.24, 2.45) is 0 Å². The highest BCUT2D eigenvalue weighted by atomic mass is 32.1. The molecule has 0 fully saturated rings. The minimum atomic E-state index is -2.37. The van der Waals surface area contributed by atoms with Crippen molar-refractivity contribution in [1.82, 2.24) is 0 Å². The van der Waals surface area contributed by atoms with Crippen LogP contribution in [-0.2, 0) is 50.0 Å². The molecule has 0 spiro atoms. The maximum Gasteiger partial charge on any atom is 0.500 e. The zero-order valence-electron chi connectivity index (χ0n) is 30.8. The highest BCUT2D eigenvalue weighted by molar-refractivity contribution is 7.80. The highest BCUT2D eigenvalue weighted by Crippen LogP contribution is 2.19. The van der Waals surface area contributed by atoms with Crippen molar-refractivity contribution >= 4 is 50.5 Å². The van der Waals surface area contributed by atoms with Crippen molar-refractivity contribution in [3.63, 3.8) is 0 Å². The van der Waals surface area contributed by atoms with E-state index in [2.05, 4.69) is 25.8 Å². The van der Waals surface area contributed by atoms with E-state index < -0.39 is 25.9 Å². The van der Waals surface area contributed by atoms with Crippen LogP contribution in [0.2, 0.25) is 31.2 Å². The van der Waals surface area contributed by atoms with Crippen LogP contribution in [0.3, 0.4) is 0 Å². The number of ether oxygens (including phenoxy) is 2. The first kappa shape index (κ1) is 49.5. The molecule has 0 radical (unpaired) electrons. The van der Waals surface area contributed by atoms with Crippen molar-refractivity contribution in [2.75, 3.05) is 66.2 Å². The number of thiol groups is 1. The molecule has 0 aliphatic heterocycles. The molecule has 0 heterocycles. The van der Waals surface area contributed by atoms with Crippen molar-refractivity contribution in [1.29, 1.82) is 0 Å². The minimum Gasteiger partial charge on any atom is -0.462 e. The second-order valence-electron chi connectivity index (χ2n) is 10.4. The van der Waals surface area contributed by atoms with Crippen LogP contribution in [0.1, 0.15) is 67.7 Å². The molecule has 0 aromatic heterocycles. The van der Waals surface area contributed by atoms with Crippen molar-refractivity contribution in [3.05, 3.63) is 24.3 Å². The van der Waals surface area contributed by atoms with Gasteiger partial charge in [-0.1, -0.05) is 13.2 Å². The third kappa shape index (κ3) is 26.1. The second-order valence-corrected chi connectivity index (χ2v) is 20.5. The fourth-order valence-electron chi connectivity index (χ4n) is 3.74. The molecule has 15 heteroatoms. The Morgan fingerprint density at radius 3 is 1.22 bits per heavy atom. The van der Waals surface area contributed by atoms with Crippen LogP contribution < -0.4 is 0 Å². The maximum atomic E-state index is 11.1. The third-order valence-corrected chi connectivity index (χ3v) is 15.7. The molecule has 0 bridgehead atoms. The monoisotopic (exact) mass is 730 g/mol. The lowest BCUT2D eigenvalue weighted by Crippen LogP contribution is -2.46. The first-order valence-corrected chi connectivity index (χ1v) is 23.8. The van der Waals surface area contributed by atoms with Crippen LogP contribution in [0.15, 0.2) is 24.3 Å². The van der Waals surface area contributed by atoms with Crippen LogP contribution >= 0.6 is 12.6 Å². The number of carbonyl (C=O) groups is 2. The Morgan fingerprint density at radius 2 is 0.935 bits per heavy atom. The van der Waals surface area contributed by atoms with Crippen LogP contribution in [0.25, 0.3) is 0 Å². The molecule has 0 aliphatic rings. The Labute approximate surface area is 289 Å². The van der Waals surface area contributed by atoms with Crippen LogP contribution in [0.5, 0.6) is 0 Å². The van der Waals surface area contributed by atoms with Crippen molar-refractivity contribution in [2.45, 2.75) is 99.0 Å². The number of esters is 2. The summed E-state index contributed by atoms with van der Waals surface area (Å²) in [5.74, 6) is 0.177. The Balaban J connectivity index is -0.000000606. The molecule has 11 nitrogen and oxygen atoms in total. The quantitative estimate of drug-likeness (QED) is 0.0349. The van der Waals surface area contributed by atoms with Gasteiger partial charge in [0, 0.05) is 64.4 Å². The molecular weight excluding hydrogens is 665 g/mol. The number of rotatable bonds is 25. The number of hydrogen-bond donors (Lipinski definition) is 1. The minimum absolute atomic E-state index is 0.332. The molecular formula is C31H66O11SSi3. The molecule has 0 saturated carbocycles. The van der Waals surface area contributed by atoms with Crippen molar-refractivity contribution in [3.8, 4) is 0 Å². The average Bonchev–Trinajstić information content (AvgIpc) is 3.01. The lowest BCUT2D eigenvalue weighted by atomic mass is 10.4. The summed E-state index contributed by atoms with van der Waals surface area (Å²) in [5.41, 5.74) is 0.855. The summed E-state index contributed by atoms with van der Waals surface area (Å²) in [6.45, 7) is 28.2. The zero-order chi connectivity index (χ0) is 36.1. The summed E-state index contributed by atoms with van der Waals surface area (Å²) in [5, 5.41) is 0. The summed E-state index contributed by atoms with van der Waals surface area (Å²) < 4.78 is 49.0. The normalized spacial score (nSPS) is 11.5. The van der Waals surface area contributed by atoms with Gasteiger partial charge in [0.1, 0.15) is 0 Å². The lowest BCUT2D eigenvalue weighted by Gasteiger charge is -2.28. The van der Waals surface area contributed by atoms with Gasteiger partial charge in [0.25, 0.3) is 0 Å².